The molecule has 1 atom stereocenters. The Labute approximate surface area is 293 Å². The lowest BCUT2D eigenvalue weighted by atomic mass is 9.89. The second-order valence-electron chi connectivity index (χ2n) is 11.8. The van der Waals surface area contributed by atoms with Crippen molar-refractivity contribution in [1.82, 2.24) is 0 Å². The number of carbonyl (C=O) groups is 1. The third-order valence-electron chi connectivity index (χ3n) is 8.40. The zero-order valence-electron chi connectivity index (χ0n) is 27.2. The van der Waals surface area contributed by atoms with Crippen molar-refractivity contribution in [3.05, 3.63) is 187 Å². The van der Waals surface area contributed by atoms with Crippen molar-refractivity contribution in [2.75, 3.05) is 0 Å². The molecule has 0 heterocycles. The van der Waals surface area contributed by atoms with E-state index in [-0.39, 0.29) is 5.78 Å². The molecular formula is C44H32O5S. The van der Waals surface area contributed by atoms with E-state index in [0.29, 0.717) is 39.0 Å². The Hall–Kier alpha value is -6.08. The van der Waals surface area contributed by atoms with Gasteiger partial charge in [-0.25, -0.2) is 4.21 Å². The van der Waals surface area contributed by atoms with Crippen LogP contribution in [0.2, 0.25) is 0 Å². The second kappa shape index (κ2) is 14.6. The molecule has 0 spiro atoms. The highest BCUT2D eigenvalue weighted by Gasteiger charge is 2.14. The summed E-state index contributed by atoms with van der Waals surface area (Å²) in [5, 5.41) is 0. The first kappa shape index (κ1) is 32.5. The average Bonchev–Trinajstić information content (AvgIpc) is 3.16. The predicted octanol–water partition coefficient (Wildman–Crippen LogP) is 11.4. The molecule has 5 nitrogen and oxygen atoms in total. The Bertz CT molecular complexity index is 2280. The van der Waals surface area contributed by atoms with E-state index >= 15 is 0 Å². The molecule has 0 aliphatic rings. The standard InChI is InChI=1S/C44H32O5S/c1-30-10-12-33(13-11-30)44(45)34-18-24-37(25-19-34)48-35-20-14-31(15-21-35)40-6-2-4-8-42(40)43-9-5-3-7-41(43)32-16-22-36(23-17-32)49-38-26-28-39(29-27-38)50(46)47/h2-29H,1H3,(H,46,47). The van der Waals surface area contributed by atoms with E-state index in [1.54, 1.807) is 36.4 Å². The van der Waals surface area contributed by atoms with Crippen molar-refractivity contribution in [1.29, 1.82) is 0 Å². The summed E-state index contributed by atoms with van der Waals surface area (Å²) in [6.45, 7) is 2.00. The van der Waals surface area contributed by atoms with E-state index in [9.17, 15) is 13.6 Å². The third kappa shape index (κ3) is 7.32. The fraction of sp³-hybridized carbons (Fsp3) is 0.0227. The SMILES string of the molecule is Cc1ccc(C(=O)c2ccc(Oc3ccc(-c4ccccc4-c4ccccc4-c4ccc(Oc5ccc(S(=O)O)cc5)cc4)cc3)cc2)cc1. The van der Waals surface area contributed by atoms with Crippen LogP contribution in [-0.2, 0) is 11.1 Å². The van der Waals surface area contributed by atoms with Gasteiger partial charge in [0.05, 0.1) is 4.90 Å². The molecule has 1 N–H and O–H groups in total. The van der Waals surface area contributed by atoms with E-state index in [2.05, 4.69) is 42.5 Å². The van der Waals surface area contributed by atoms with Gasteiger partial charge in [0.25, 0.3) is 0 Å². The van der Waals surface area contributed by atoms with Gasteiger partial charge < -0.3 is 14.0 Å². The molecule has 0 aliphatic carbocycles. The first-order valence-corrected chi connectivity index (χ1v) is 17.2. The summed E-state index contributed by atoms with van der Waals surface area (Å²) in [6.07, 6.45) is 0. The van der Waals surface area contributed by atoms with Gasteiger partial charge in [0, 0.05) is 11.1 Å². The van der Waals surface area contributed by atoms with Gasteiger partial charge in [-0.3, -0.25) is 4.79 Å². The van der Waals surface area contributed by atoms with Crippen LogP contribution in [-0.4, -0.2) is 14.5 Å². The van der Waals surface area contributed by atoms with Crippen molar-refractivity contribution < 1.29 is 23.0 Å². The van der Waals surface area contributed by atoms with Gasteiger partial charge in [-0.1, -0.05) is 103 Å². The monoisotopic (exact) mass is 672 g/mol. The van der Waals surface area contributed by atoms with Crippen LogP contribution in [0.5, 0.6) is 23.0 Å². The Kier molecular flexibility index (Phi) is 9.47. The van der Waals surface area contributed by atoms with Gasteiger partial charge in [-0.15, -0.1) is 0 Å². The lowest BCUT2D eigenvalue weighted by molar-refractivity contribution is 0.103. The largest absolute Gasteiger partial charge is 0.457 e. The lowest BCUT2D eigenvalue weighted by Crippen LogP contribution is -2.00. The number of ketones is 1. The van der Waals surface area contributed by atoms with E-state index in [1.807, 2.05) is 97.9 Å². The van der Waals surface area contributed by atoms with Gasteiger partial charge in [0.1, 0.15) is 23.0 Å². The predicted molar refractivity (Wildman–Crippen MR) is 199 cm³/mol. The number of hydrogen-bond acceptors (Lipinski definition) is 4. The Morgan fingerprint density at radius 3 is 1.20 bits per heavy atom. The number of benzene rings is 7. The fourth-order valence-electron chi connectivity index (χ4n) is 5.79. The van der Waals surface area contributed by atoms with Crippen LogP contribution in [0, 0.1) is 6.92 Å². The molecule has 0 saturated carbocycles. The molecule has 1 unspecified atom stereocenters. The summed E-state index contributed by atoms with van der Waals surface area (Å²) in [5.74, 6) is 2.58. The molecule has 0 fully saturated rings. The summed E-state index contributed by atoms with van der Waals surface area (Å²) < 4.78 is 32.6. The molecule has 7 aromatic carbocycles. The smallest absolute Gasteiger partial charge is 0.193 e. The normalized spacial score (nSPS) is 11.5. The summed E-state index contributed by atoms with van der Waals surface area (Å²) >= 11 is -2.03. The van der Waals surface area contributed by atoms with Gasteiger partial charge in [-0.2, -0.15) is 0 Å². The highest BCUT2D eigenvalue weighted by molar-refractivity contribution is 7.79. The first-order valence-electron chi connectivity index (χ1n) is 16.1. The van der Waals surface area contributed by atoms with Crippen LogP contribution >= 0.6 is 0 Å². The fourth-order valence-corrected chi connectivity index (χ4v) is 6.16. The highest BCUT2D eigenvalue weighted by Crippen LogP contribution is 2.39. The van der Waals surface area contributed by atoms with E-state index < -0.39 is 11.1 Å². The summed E-state index contributed by atoms with van der Waals surface area (Å²) in [7, 11) is 0. The molecule has 6 heteroatoms. The Morgan fingerprint density at radius 2 is 0.800 bits per heavy atom. The van der Waals surface area contributed by atoms with Gasteiger partial charge in [-0.05, 0) is 113 Å². The maximum Gasteiger partial charge on any atom is 0.193 e. The molecule has 0 amide bonds. The molecule has 7 aromatic rings. The van der Waals surface area contributed by atoms with Crippen molar-refractivity contribution in [2.45, 2.75) is 11.8 Å². The van der Waals surface area contributed by atoms with Crippen molar-refractivity contribution in [3.8, 4) is 56.4 Å². The van der Waals surface area contributed by atoms with Gasteiger partial charge >= 0.3 is 0 Å². The average molecular weight is 673 g/mol. The molecule has 0 aromatic heterocycles. The van der Waals surface area contributed by atoms with Crippen LogP contribution in [0.1, 0.15) is 21.5 Å². The zero-order valence-corrected chi connectivity index (χ0v) is 28.0. The minimum absolute atomic E-state index is 0.0185. The third-order valence-corrected chi connectivity index (χ3v) is 9.08. The van der Waals surface area contributed by atoms with Crippen molar-refractivity contribution in [2.24, 2.45) is 0 Å². The first-order chi connectivity index (χ1) is 24.4. The minimum atomic E-state index is -2.03. The van der Waals surface area contributed by atoms with Crippen molar-refractivity contribution >= 4 is 16.9 Å². The summed E-state index contributed by atoms with van der Waals surface area (Å²) in [5.41, 5.74) is 8.88. The highest BCUT2D eigenvalue weighted by atomic mass is 32.2. The Balaban J connectivity index is 1.08. The van der Waals surface area contributed by atoms with E-state index in [4.69, 9.17) is 9.47 Å². The van der Waals surface area contributed by atoms with E-state index in [1.165, 1.54) is 0 Å². The topological polar surface area (TPSA) is 72.8 Å². The lowest BCUT2D eigenvalue weighted by Gasteiger charge is -2.15. The molecule has 244 valence electrons. The molecule has 7 rings (SSSR count). The maximum atomic E-state index is 12.9. The van der Waals surface area contributed by atoms with Crippen LogP contribution in [0.4, 0.5) is 0 Å². The molecule has 50 heavy (non-hydrogen) atoms. The number of rotatable bonds is 10. The molecule has 0 saturated heterocycles. The van der Waals surface area contributed by atoms with E-state index in [0.717, 1.165) is 38.9 Å². The molecule has 0 bridgehead atoms. The van der Waals surface area contributed by atoms with Crippen molar-refractivity contribution in [3.63, 3.8) is 0 Å². The Morgan fingerprint density at radius 1 is 0.460 bits per heavy atom. The second-order valence-corrected chi connectivity index (χ2v) is 12.8. The minimum Gasteiger partial charge on any atom is -0.457 e. The van der Waals surface area contributed by atoms with Crippen LogP contribution in [0.15, 0.2) is 175 Å². The maximum absolute atomic E-state index is 12.9. The molecule has 0 aliphatic heterocycles. The molecular weight excluding hydrogens is 641 g/mol. The number of aryl methyl sites for hydroxylation is 1. The van der Waals surface area contributed by atoms with Crippen LogP contribution < -0.4 is 9.47 Å². The van der Waals surface area contributed by atoms with Crippen LogP contribution in [0.3, 0.4) is 0 Å². The summed E-state index contributed by atoms with van der Waals surface area (Å²) in [4.78, 5) is 13.2. The van der Waals surface area contributed by atoms with Gasteiger partial charge in [0.15, 0.2) is 16.9 Å². The van der Waals surface area contributed by atoms with Gasteiger partial charge in [0.2, 0.25) is 0 Å². The quantitative estimate of drug-likeness (QED) is 0.116. The van der Waals surface area contributed by atoms with Crippen LogP contribution in [0.25, 0.3) is 33.4 Å². The number of ether oxygens (including phenoxy) is 2. The molecule has 0 radical (unpaired) electrons. The zero-order chi connectivity index (χ0) is 34.5. The number of hydrogen-bond donors (Lipinski definition) is 1. The summed E-state index contributed by atoms with van der Waals surface area (Å²) in [6, 6.07) is 53.9. The number of carbonyl (C=O) groups excluding carboxylic acids is 1.